The maximum Gasteiger partial charge on any atom is 0.337 e. The van der Waals surface area contributed by atoms with Gasteiger partial charge in [0.25, 0.3) is 16.8 Å². The van der Waals surface area contributed by atoms with Crippen LogP contribution in [0.1, 0.15) is 31.1 Å². The third kappa shape index (κ3) is 5.31. The van der Waals surface area contributed by atoms with E-state index in [-0.39, 0.29) is 34.0 Å². The van der Waals surface area contributed by atoms with Gasteiger partial charge in [-0.3, -0.25) is 29.8 Å². The second-order valence-corrected chi connectivity index (χ2v) is 6.93. The van der Waals surface area contributed by atoms with Gasteiger partial charge in [0.1, 0.15) is 5.75 Å². The molecule has 0 bridgehead atoms. The number of carbonyl (C=O) groups is 3. The number of ether oxygens (including phenoxy) is 1. The van der Waals surface area contributed by atoms with Crippen molar-refractivity contribution < 1.29 is 34.1 Å². The molecule has 0 radical (unpaired) electrons. The lowest BCUT2D eigenvalue weighted by molar-refractivity contribution is -0.385. The average molecular weight is 486 g/mol. The summed E-state index contributed by atoms with van der Waals surface area (Å²) < 4.78 is 5.44. The molecule has 3 aromatic carbocycles. The molecule has 0 spiro atoms. The summed E-state index contributed by atoms with van der Waals surface area (Å²) in [6.07, 6.45) is 0. The summed E-state index contributed by atoms with van der Waals surface area (Å²) in [5.41, 5.74) is -1.28. The number of carboxylic acid groups (broad SMARTS) is 1. The largest absolute Gasteiger partial charge is 0.478 e. The molecule has 3 aromatic rings. The number of benzene rings is 3. The molecule has 0 saturated carbocycles. The molecule has 12 nitrogen and oxygen atoms in total. The Morgan fingerprint density at radius 1 is 0.882 bits per heavy atom. The summed E-state index contributed by atoms with van der Waals surface area (Å²) in [6.45, 7) is 0. The van der Waals surface area contributed by atoms with Crippen LogP contribution in [-0.4, -0.2) is 32.1 Å². The Kier molecular flexibility index (Phi) is 6.83. The molecule has 172 valence electrons. The lowest BCUT2D eigenvalue weighted by atomic mass is 10.1. The number of anilines is 1. The maximum atomic E-state index is 12.4. The molecule has 2 N–H and O–H groups in total. The SMILES string of the molecule is O=C(Cl)c1ccc([N+](=O)[O-])c(Oc2ccc(NC(=O)c3ccc([N+](=O)[O-])cc3)c(C(=O)O)c2)c1. The molecule has 0 saturated heterocycles. The number of amides is 1. The molecule has 0 heterocycles. The fourth-order valence-corrected chi connectivity index (χ4v) is 2.92. The van der Waals surface area contributed by atoms with E-state index in [1.807, 2.05) is 0 Å². The Bertz CT molecular complexity index is 1340. The van der Waals surface area contributed by atoms with Gasteiger partial charge >= 0.3 is 11.7 Å². The summed E-state index contributed by atoms with van der Waals surface area (Å²) in [6, 6.07) is 11.3. The minimum absolute atomic E-state index is 0.0421. The van der Waals surface area contributed by atoms with Crippen LogP contribution in [-0.2, 0) is 0 Å². The number of halogens is 1. The number of nitrogens with one attached hydrogen (secondary N) is 1. The minimum atomic E-state index is -1.44. The highest BCUT2D eigenvalue weighted by Gasteiger charge is 2.20. The second kappa shape index (κ2) is 9.75. The van der Waals surface area contributed by atoms with Crippen molar-refractivity contribution in [2.45, 2.75) is 0 Å². The fourth-order valence-electron chi connectivity index (χ4n) is 2.80. The van der Waals surface area contributed by atoms with Crippen LogP contribution in [0.2, 0.25) is 0 Å². The number of nitro groups is 2. The quantitative estimate of drug-likeness (QED) is 0.261. The van der Waals surface area contributed by atoms with E-state index in [9.17, 15) is 39.7 Å². The zero-order valence-electron chi connectivity index (χ0n) is 16.8. The van der Waals surface area contributed by atoms with Crippen LogP contribution < -0.4 is 10.1 Å². The van der Waals surface area contributed by atoms with E-state index in [1.54, 1.807) is 0 Å². The van der Waals surface area contributed by atoms with Crippen molar-refractivity contribution in [2.75, 3.05) is 5.32 Å². The maximum absolute atomic E-state index is 12.4. The third-order valence-corrected chi connectivity index (χ3v) is 4.64. The van der Waals surface area contributed by atoms with Crippen molar-refractivity contribution in [1.82, 2.24) is 0 Å². The average Bonchev–Trinajstić information content (AvgIpc) is 2.79. The number of nitro benzene ring substituents is 2. The van der Waals surface area contributed by atoms with Crippen LogP contribution >= 0.6 is 11.6 Å². The molecule has 0 aliphatic carbocycles. The highest BCUT2D eigenvalue weighted by Crippen LogP contribution is 2.34. The second-order valence-electron chi connectivity index (χ2n) is 6.59. The summed E-state index contributed by atoms with van der Waals surface area (Å²) in [4.78, 5) is 56.2. The van der Waals surface area contributed by atoms with Crippen LogP contribution in [0.25, 0.3) is 0 Å². The molecule has 0 atom stereocenters. The lowest BCUT2D eigenvalue weighted by Crippen LogP contribution is -2.15. The Morgan fingerprint density at radius 2 is 1.53 bits per heavy atom. The molecule has 0 aliphatic heterocycles. The minimum Gasteiger partial charge on any atom is -0.478 e. The van der Waals surface area contributed by atoms with Gasteiger partial charge in [0.2, 0.25) is 5.75 Å². The van der Waals surface area contributed by atoms with Crippen molar-refractivity contribution in [3.8, 4) is 11.5 Å². The summed E-state index contributed by atoms with van der Waals surface area (Å²) in [5.74, 6) is -2.65. The van der Waals surface area contributed by atoms with Crippen molar-refractivity contribution in [3.63, 3.8) is 0 Å². The van der Waals surface area contributed by atoms with Gasteiger partial charge in [-0.1, -0.05) is 0 Å². The van der Waals surface area contributed by atoms with Gasteiger partial charge in [0, 0.05) is 35.4 Å². The van der Waals surface area contributed by atoms with Crippen LogP contribution in [0.3, 0.4) is 0 Å². The number of nitrogens with zero attached hydrogens (tertiary/aromatic N) is 2. The van der Waals surface area contributed by atoms with Gasteiger partial charge in [0.15, 0.2) is 0 Å². The van der Waals surface area contributed by atoms with Crippen molar-refractivity contribution in [2.24, 2.45) is 0 Å². The Balaban J connectivity index is 1.90. The summed E-state index contributed by atoms with van der Waals surface area (Å²) in [7, 11) is 0. The fraction of sp³-hybridized carbons (Fsp3) is 0. The molecular formula is C21H12ClN3O9. The monoisotopic (exact) mass is 485 g/mol. The van der Waals surface area contributed by atoms with E-state index in [1.165, 1.54) is 24.3 Å². The molecule has 0 fully saturated rings. The van der Waals surface area contributed by atoms with E-state index >= 15 is 0 Å². The predicted molar refractivity (Wildman–Crippen MR) is 118 cm³/mol. The number of carbonyl (C=O) groups excluding carboxylic acids is 2. The summed E-state index contributed by atoms with van der Waals surface area (Å²) >= 11 is 5.41. The van der Waals surface area contributed by atoms with E-state index < -0.39 is 38.2 Å². The van der Waals surface area contributed by atoms with Crippen LogP contribution in [0.4, 0.5) is 17.1 Å². The zero-order valence-corrected chi connectivity index (χ0v) is 17.5. The molecule has 34 heavy (non-hydrogen) atoms. The van der Waals surface area contributed by atoms with Gasteiger partial charge in [0.05, 0.1) is 21.1 Å². The predicted octanol–water partition coefficient (Wildman–Crippen LogP) is 4.62. The van der Waals surface area contributed by atoms with Crippen molar-refractivity contribution in [3.05, 3.63) is 97.6 Å². The first-order chi connectivity index (χ1) is 16.1. The van der Waals surface area contributed by atoms with E-state index in [0.29, 0.717) is 0 Å². The molecular weight excluding hydrogens is 474 g/mol. The van der Waals surface area contributed by atoms with E-state index in [0.717, 1.165) is 36.4 Å². The highest BCUT2D eigenvalue weighted by atomic mass is 35.5. The van der Waals surface area contributed by atoms with Gasteiger partial charge < -0.3 is 15.2 Å². The van der Waals surface area contributed by atoms with Crippen LogP contribution in [0.15, 0.2) is 60.7 Å². The normalized spacial score (nSPS) is 10.3. The van der Waals surface area contributed by atoms with Gasteiger partial charge in [-0.05, 0) is 48.0 Å². The number of non-ortho nitro benzene ring substituents is 1. The van der Waals surface area contributed by atoms with Crippen molar-refractivity contribution in [1.29, 1.82) is 0 Å². The molecule has 0 aliphatic rings. The number of aromatic carboxylic acids is 1. The van der Waals surface area contributed by atoms with E-state index in [4.69, 9.17) is 16.3 Å². The Hall–Kier alpha value is -4.84. The Morgan fingerprint density at radius 3 is 2.09 bits per heavy atom. The van der Waals surface area contributed by atoms with Crippen molar-refractivity contribution >= 4 is 45.8 Å². The molecule has 0 unspecified atom stereocenters. The first-order valence-electron chi connectivity index (χ1n) is 9.16. The summed E-state index contributed by atoms with van der Waals surface area (Å²) in [5, 5.41) is 33.1. The molecule has 3 rings (SSSR count). The zero-order chi connectivity index (χ0) is 25.0. The number of hydrogen-bond acceptors (Lipinski definition) is 8. The standard InChI is InChI=1S/C21H12ClN3O9/c22-19(26)12-3-8-17(25(32)33)18(9-12)34-14-6-7-16(15(10-14)21(28)29)23-20(27)11-1-4-13(5-2-11)24(30)31/h1-10H,(H,23,27)(H,28,29). The number of rotatable bonds is 8. The van der Waals surface area contributed by atoms with E-state index in [2.05, 4.69) is 5.32 Å². The van der Waals surface area contributed by atoms with Crippen LogP contribution in [0, 0.1) is 20.2 Å². The smallest absolute Gasteiger partial charge is 0.337 e. The Labute approximate surface area is 194 Å². The first-order valence-corrected chi connectivity index (χ1v) is 9.54. The van der Waals surface area contributed by atoms with Crippen LogP contribution in [0.5, 0.6) is 11.5 Å². The van der Waals surface area contributed by atoms with Gasteiger partial charge in [-0.15, -0.1) is 0 Å². The topological polar surface area (TPSA) is 179 Å². The highest BCUT2D eigenvalue weighted by molar-refractivity contribution is 6.67. The molecule has 1 amide bonds. The third-order valence-electron chi connectivity index (χ3n) is 4.42. The molecule has 0 aromatic heterocycles. The molecule has 13 heteroatoms. The van der Waals surface area contributed by atoms with Gasteiger partial charge in [-0.25, -0.2) is 4.79 Å². The first kappa shape index (κ1) is 23.8. The lowest BCUT2D eigenvalue weighted by Gasteiger charge is -2.12. The number of hydrogen-bond donors (Lipinski definition) is 2. The van der Waals surface area contributed by atoms with Gasteiger partial charge in [-0.2, -0.15) is 0 Å². The number of carboxylic acids is 1.